The standard InChI is InChI=1S/C26H24F3N3O2/c27-26(28,29)20-7-1-4-18(16-20)17-31-12-10-30(11-13-31)14-15-32-24(33)21-8-2-5-19-6-3-9-22(23(19)21)25(32)34/h1-9,16H,10-15,17H2. The minimum absolute atomic E-state index is 0.266. The maximum Gasteiger partial charge on any atom is 0.416 e. The molecule has 0 aromatic heterocycles. The molecule has 0 unspecified atom stereocenters. The monoisotopic (exact) mass is 467 g/mol. The average molecular weight is 467 g/mol. The van der Waals surface area contributed by atoms with Crippen molar-refractivity contribution in [3.05, 3.63) is 82.9 Å². The fraction of sp³-hybridized carbons (Fsp3) is 0.308. The van der Waals surface area contributed by atoms with E-state index in [1.165, 1.54) is 17.0 Å². The number of carbonyl (C=O) groups is 2. The zero-order valence-corrected chi connectivity index (χ0v) is 18.5. The number of alkyl halides is 3. The van der Waals surface area contributed by atoms with Crippen LogP contribution < -0.4 is 0 Å². The van der Waals surface area contributed by atoms with Crippen LogP contribution in [0.5, 0.6) is 0 Å². The summed E-state index contributed by atoms with van der Waals surface area (Å²) >= 11 is 0. The third-order valence-corrected chi connectivity index (χ3v) is 6.62. The average Bonchev–Trinajstić information content (AvgIpc) is 2.83. The fourth-order valence-corrected chi connectivity index (χ4v) is 4.80. The predicted octanol–water partition coefficient (Wildman–Crippen LogP) is 4.27. The molecule has 8 heteroatoms. The van der Waals surface area contributed by atoms with Crippen LogP contribution in [0.25, 0.3) is 10.8 Å². The maximum absolute atomic E-state index is 13.0. The van der Waals surface area contributed by atoms with E-state index >= 15 is 0 Å². The SMILES string of the molecule is O=C1c2cccc3cccc(c23)C(=O)N1CCN1CCN(Cc2cccc(C(F)(F)F)c2)CC1. The van der Waals surface area contributed by atoms with E-state index in [1.807, 2.05) is 24.3 Å². The Labute approximate surface area is 195 Å². The normalized spacial score (nSPS) is 17.6. The molecule has 2 aliphatic rings. The van der Waals surface area contributed by atoms with Crippen LogP contribution in [0.2, 0.25) is 0 Å². The number of nitrogens with zero attached hydrogens (tertiary/aromatic N) is 3. The van der Waals surface area contributed by atoms with Crippen LogP contribution in [-0.2, 0) is 12.7 Å². The molecule has 0 spiro atoms. The predicted molar refractivity (Wildman–Crippen MR) is 122 cm³/mol. The number of hydrogen-bond donors (Lipinski definition) is 0. The van der Waals surface area contributed by atoms with Crippen molar-refractivity contribution in [2.24, 2.45) is 0 Å². The van der Waals surface area contributed by atoms with E-state index in [-0.39, 0.29) is 11.8 Å². The van der Waals surface area contributed by atoms with Gasteiger partial charge in [-0.3, -0.25) is 24.3 Å². The molecule has 0 bridgehead atoms. The van der Waals surface area contributed by atoms with Crippen molar-refractivity contribution in [1.29, 1.82) is 0 Å². The van der Waals surface area contributed by atoms with Crippen molar-refractivity contribution in [2.45, 2.75) is 12.7 Å². The molecule has 0 aliphatic carbocycles. The summed E-state index contributed by atoms with van der Waals surface area (Å²) in [6, 6.07) is 16.4. The molecule has 2 heterocycles. The van der Waals surface area contributed by atoms with Gasteiger partial charge in [-0.1, -0.05) is 42.5 Å². The van der Waals surface area contributed by atoms with Gasteiger partial charge in [0.1, 0.15) is 0 Å². The lowest BCUT2D eigenvalue weighted by Crippen LogP contribution is -2.50. The first-order valence-electron chi connectivity index (χ1n) is 11.3. The second-order valence-electron chi connectivity index (χ2n) is 8.79. The van der Waals surface area contributed by atoms with Gasteiger partial charge in [-0.05, 0) is 29.1 Å². The third-order valence-electron chi connectivity index (χ3n) is 6.62. The van der Waals surface area contributed by atoms with Crippen LogP contribution in [0.4, 0.5) is 13.2 Å². The minimum atomic E-state index is -4.34. The Hall–Kier alpha value is -3.23. The number of amides is 2. The molecule has 176 valence electrons. The van der Waals surface area contributed by atoms with Crippen molar-refractivity contribution < 1.29 is 22.8 Å². The number of benzene rings is 3. The largest absolute Gasteiger partial charge is 0.416 e. The van der Waals surface area contributed by atoms with Crippen molar-refractivity contribution >= 4 is 22.6 Å². The topological polar surface area (TPSA) is 43.9 Å². The zero-order valence-electron chi connectivity index (χ0n) is 18.5. The molecule has 0 atom stereocenters. The Morgan fingerprint density at radius 2 is 1.32 bits per heavy atom. The summed E-state index contributed by atoms with van der Waals surface area (Å²) in [5.74, 6) is -0.532. The van der Waals surface area contributed by atoms with Crippen LogP contribution in [-0.4, -0.2) is 65.8 Å². The zero-order chi connectivity index (χ0) is 23.9. The summed E-state index contributed by atoms with van der Waals surface area (Å²) < 4.78 is 38.9. The van der Waals surface area contributed by atoms with Crippen LogP contribution in [0.15, 0.2) is 60.7 Å². The summed E-state index contributed by atoms with van der Waals surface area (Å²) in [5, 5.41) is 1.60. The van der Waals surface area contributed by atoms with Gasteiger partial charge in [-0.2, -0.15) is 13.2 Å². The summed E-state index contributed by atoms with van der Waals surface area (Å²) in [4.78, 5) is 31.7. The van der Waals surface area contributed by atoms with E-state index in [1.54, 1.807) is 18.2 Å². The van der Waals surface area contributed by atoms with E-state index in [0.29, 0.717) is 49.4 Å². The van der Waals surface area contributed by atoms with Crippen molar-refractivity contribution in [3.63, 3.8) is 0 Å². The molecule has 1 fully saturated rings. The van der Waals surface area contributed by atoms with E-state index in [4.69, 9.17) is 0 Å². The molecule has 2 amide bonds. The van der Waals surface area contributed by atoms with Crippen molar-refractivity contribution in [1.82, 2.24) is 14.7 Å². The highest BCUT2D eigenvalue weighted by Gasteiger charge is 2.33. The van der Waals surface area contributed by atoms with Crippen LogP contribution in [0.1, 0.15) is 31.8 Å². The first-order valence-corrected chi connectivity index (χ1v) is 11.3. The van der Waals surface area contributed by atoms with Crippen LogP contribution in [0.3, 0.4) is 0 Å². The number of piperazine rings is 1. The highest BCUT2D eigenvalue weighted by atomic mass is 19.4. The van der Waals surface area contributed by atoms with Gasteiger partial charge in [0.25, 0.3) is 11.8 Å². The quantitative estimate of drug-likeness (QED) is 0.526. The summed E-state index contributed by atoms with van der Waals surface area (Å²) in [6.45, 7) is 4.19. The summed E-state index contributed by atoms with van der Waals surface area (Å²) in [7, 11) is 0. The van der Waals surface area contributed by atoms with Crippen molar-refractivity contribution in [3.8, 4) is 0 Å². The maximum atomic E-state index is 13.0. The molecule has 2 aliphatic heterocycles. The lowest BCUT2D eigenvalue weighted by Gasteiger charge is -2.36. The number of halogens is 3. The van der Waals surface area contributed by atoms with Gasteiger partial charge >= 0.3 is 6.18 Å². The molecular weight excluding hydrogens is 443 g/mol. The van der Waals surface area contributed by atoms with Gasteiger partial charge < -0.3 is 0 Å². The van der Waals surface area contributed by atoms with E-state index in [0.717, 1.165) is 29.9 Å². The lowest BCUT2D eigenvalue weighted by molar-refractivity contribution is -0.137. The molecular formula is C26H24F3N3O2. The second-order valence-corrected chi connectivity index (χ2v) is 8.79. The molecule has 0 N–H and O–H groups in total. The molecule has 5 rings (SSSR count). The van der Waals surface area contributed by atoms with Gasteiger partial charge in [0.05, 0.1) is 5.56 Å². The summed E-state index contributed by atoms with van der Waals surface area (Å²) in [5.41, 5.74) is 1.12. The van der Waals surface area contributed by atoms with Gasteiger partial charge in [0.2, 0.25) is 0 Å². The Kier molecular flexibility index (Phi) is 5.87. The molecule has 0 radical (unpaired) electrons. The highest BCUT2D eigenvalue weighted by Crippen LogP contribution is 2.31. The van der Waals surface area contributed by atoms with Gasteiger partial charge in [0.15, 0.2) is 0 Å². The first-order chi connectivity index (χ1) is 16.3. The Bertz CT molecular complexity index is 1200. The van der Waals surface area contributed by atoms with Gasteiger partial charge in [0, 0.05) is 62.3 Å². The van der Waals surface area contributed by atoms with E-state index < -0.39 is 11.7 Å². The number of rotatable bonds is 5. The third kappa shape index (κ3) is 4.31. The molecule has 34 heavy (non-hydrogen) atoms. The minimum Gasteiger partial charge on any atom is -0.299 e. The van der Waals surface area contributed by atoms with Crippen molar-refractivity contribution in [2.75, 3.05) is 39.3 Å². The highest BCUT2D eigenvalue weighted by molar-refractivity contribution is 6.25. The summed E-state index contributed by atoms with van der Waals surface area (Å²) in [6.07, 6.45) is -4.34. The molecule has 3 aromatic rings. The van der Waals surface area contributed by atoms with Gasteiger partial charge in [-0.25, -0.2) is 0 Å². The Morgan fingerprint density at radius 3 is 1.94 bits per heavy atom. The number of imide groups is 1. The van der Waals surface area contributed by atoms with E-state index in [9.17, 15) is 22.8 Å². The Balaban J connectivity index is 1.18. The fourth-order valence-electron chi connectivity index (χ4n) is 4.80. The molecule has 0 saturated carbocycles. The molecule has 1 saturated heterocycles. The first kappa shape index (κ1) is 22.6. The number of carbonyl (C=O) groups excluding carboxylic acids is 2. The van der Waals surface area contributed by atoms with Gasteiger partial charge in [-0.15, -0.1) is 0 Å². The number of hydrogen-bond acceptors (Lipinski definition) is 4. The van der Waals surface area contributed by atoms with Crippen LogP contribution >= 0.6 is 0 Å². The smallest absolute Gasteiger partial charge is 0.299 e. The molecule has 5 nitrogen and oxygen atoms in total. The van der Waals surface area contributed by atoms with E-state index in [2.05, 4.69) is 9.80 Å². The van der Waals surface area contributed by atoms with Crippen LogP contribution in [0, 0.1) is 0 Å². The lowest BCUT2D eigenvalue weighted by atomic mass is 9.94. The Morgan fingerprint density at radius 1 is 0.735 bits per heavy atom. The molecule has 3 aromatic carbocycles. The second kappa shape index (κ2) is 8.85.